The van der Waals surface area contributed by atoms with Crippen LogP contribution in [0.3, 0.4) is 0 Å². The summed E-state index contributed by atoms with van der Waals surface area (Å²) in [7, 11) is 0. The van der Waals surface area contributed by atoms with E-state index in [4.69, 9.17) is 19.9 Å². The van der Waals surface area contributed by atoms with Crippen molar-refractivity contribution in [2.24, 2.45) is 5.73 Å². The van der Waals surface area contributed by atoms with Crippen molar-refractivity contribution >= 4 is 38.0 Å². The molecule has 2 unspecified atom stereocenters. The zero-order chi connectivity index (χ0) is 22.6. The molecule has 2 atom stereocenters. The van der Waals surface area contributed by atoms with Crippen LogP contribution in [0.1, 0.15) is 56.8 Å². The van der Waals surface area contributed by atoms with Crippen LogP contribution in [0.5, 0.6) is 11.5 Å². The molecule has 0 aromatic heterocycles. The molecule has 2 aromatic rings. The number of nitrogens with two attached hydrogens (primary N) is 1. The summed E-state index contributed by atoms with van der Waals surface area (Å²) in [5.41, 5.74) is 7.51. The number of halogens is 2. The van der Waals surface area contributed by atoms with E-state index in [1.54, 1.807) is 0 Å². The molecule has 0 saturated heterocycles. The molecular formula is C23H28Br2N2O4. The maximum atomic E-state index is 11.8. The summed E-state index contributed by atoms with van der Waals surface area (Å²) in [5, 5.41) is 2.89. The van der Waals surface area contributed by atoms with Gasteiger partial charge < -0.3 is 25.3 Å². The predicted octanol–water partition coefficient (Wildman–Crippen LogP) is 6.03. The molecule has 0 spiro atoms. The lowest BCUT2D eigenvalue weighted by Crippen LogP contribution is -2.36. The minimum atomic E-state index is -0.488. The van der Waals surface area contributed by atoms with Crippen molar-refractivity contribution in [3.63, 3.8) is 0 Å². The minimum absolute atomic E-state index is 0.0632. The highest BCUT2D eigenvalue weighted by molar-refractivity contribution is 9.10. The Morgan fingerprint density at radius 3 is 2.16 bits per heavy atom. The highest BCUT2D eigenvalue weighted by Crippen LogP contribution is 2.34. The van der Waals surface area contributed by atoms with Gasteiger partial charge in [0, 0.05) is 39.0 Å². The maximum absolute atomic E-state index is 11.8. The van der Waals surface area contributed by atoms with E-state index in [9.17, 15) is 4.79 Å². The number of alkyl carbamates (subject to hydrolysis) is 1. The molecular weight excluding hydrogens is 528 g/mol. The standard InChI is InChI=1S/C14H18BrNO3.C9H10BrNO/c1-14(2,3)19-13(17)16-11-6-7-18-12-8-9(15)4-5-10(11)12;10-6-1-2-7-8(11)3-4-12-9(7)5-6/h4-5,8,11H,6-7H2,1-3H3,(H,16,17);1-2,5,8H,3-4,11H2. The van der Waals surface area contributed by atoms with E-state index in [0.717, 1.165) is 51.0 Å². The van der Waals surface area contributed by atoms with Gasteiger partial charge in [-0.2, -0.15) is 0 Å². The topological polar surface area (TPSA) is 82.8 Å². The zero-order valence-corrected chi connectivity index (χ0v) is 21.1. The first-order valence-electron chi connectivity index (χ1n) is 10.2. The third kappa shape index (κ3) is 6.85. The number of benzene rings is 2. The van der Waals surface area contributed by atoms with Crippen LogP contribution >= 0.6 is 31.9 Å². The van der Waals surface area contributed by atoms with Crippen molar-refractivity contribution < 1.29 is 19.0 Å². The fourth-order valence-electron chi connectivity index (χ4n) is 3.35. The number of rotatable bonds is 1. The van der Waals surface area contributed by atoms with Gasteiger partial charge in [-0.1, -0.05) is 44.0 Å². The lowest BCUT2D eigenvalue weighted by Gasteiger charge is -2.28. The van der Waals surface area contributed by atoms with Crippen LogP contribution in [-0.4, -0.2) is 24.9 Å². The fourth-order valence-corrected chi connectivity index (χ4v) is 4.03. The molecule has 4 rings (SSSR count). The number of hydrogen-bond acceptors (Lipinski definition) is 5. The summed E-state index contributed by atoms with van der Waals surface area (Å²) in [6.07, 6.45) is 1.26. The first-order valence-corrected chi connectivity index (χ1v) is 11.8. The molecule has 168 valence electrons. The minimum Gasteiger partial charge on any atom is -0.493 e. The van der Waals surface area contributed by atoms with Crippen LogP contribution in [0.4, 0.5) is 4.79 Å². The van der Waals surface area contributed by atoms with Gasteiger partial charge in [-0.25, -0.2) is 4.79 Å². The van der Waals surface area contributed by atoms with Gasteiger partial charge in [0.2, 0.25) is 0 Å². The number of carbonyl (C=O) groups excluding carboxylic acids is 1. The van der Waals surface area contributed by atoms with Crippen LogP contribution in [0, 0.1) is 0 Å². The van der Waals surface area contributed by atoms with Crippen molar-refractivity contribution in [1.29, 1.82) is 0 Å². The van der Waals surface area contributed by atoms with Gasteiger partial charge in [0.05, 0.1) is 19.3 Å². The molecule has 1 amide bonds. The molecule has 6 nitrogen and oxygen atoms in total. The molecule has 0 fully saturated rings. The van der Waals surface area contributed by atoms with Gasteiger partial charge in [0.1, 0.15) is 17.1 Å². The van der Waals surface area contributed by atoms with E-state index in [0.29, 0.717) is 6.61 Å². The molecule has 2 heterocycles. The fraction of sp³-hybridized carbons (Fsp3) is 0.435. The lowest BCUT2D eigenvalue weighted by molar-refractivity contribution is 0.0491. The average Bonchev–Trinajstić information content (AvgIpc) is 2.67. The van der Waals surface area contributed by atoms with Crippen molar-refractivity contribution in [2.75, 3.05) is 13.2 Å². The second kappa shape index (κ2) is 10.2. The molecule has 2 aromatic carbocycles. The molecule has 0 aliphatic carbocycles. The van der Waals surface area contributed by atoms with E-state index in [-0.39, 0.29) is 12.1 Å². The van der Waals surface area contributed by atoms with Crippen molar-refractivity contribution in [2.45, 2.75) is 51.3 Å². The Hall–Kier alpha value is -1.77. The van der Waals surface area contributed by atoms with E-state index < -0.39 is 11.7 Å². The number of ether oxygens (including phenoxy) is 3. The van der Waals surface area contributed by atoms with Crippen LogP contribution in [0.25, 0.3) is 0 Å². The van der Waals surface area contributed by atoms with Crippen LogP contribution in [-0.2, 0) is 4.74 Å². The molecule has 2 aliphatic rings. The highest BCUT2D eigenvalue weighted by Gasteiger charge is 2.25. The summed E-state index contributed by atoms with van der Waals surface area (Å²) < 4.78 is 18.3. The average molecular weight is 556 g/mol. The number of nitrogens with one attached hydrogen (secondary N) is 1. The van der Waals surface area contributed by atoms with E-state index in [2.05, 4.69) is 37.2 Å². The van der Waals surface area contributed by atoms with Gasteiger partial charge in [0.15, 0.2) is 0 Å². The molecule has 0 saturated carbocycles. The first kappa shape index (κ1) is 23.9. The Kier molecular flexibility index (Phi) is 7.88. The monoisotopic (exact) mass is 554 g/mol. The normalized spacial score (nSPS) is 19.4. The highest BCUT2D eigenvalue weighted by atomic mass is 79.9. The molecule has 3 N–H and O–H groups in total. The smallest absolute Gasteiger partial charge is 0.408 e. The Balaban J connectivity index is 0.000000194. The van der Waals surface area contributed by atoms with Gasteiger partial charge in [-0.15, -0.1) is 0 Å². The molecule has 0 bridgehead atoms. The summed E-state index contributed by atoms with van der Waals surface area (Å²) in [4.78, 5) is 11.8. The van der Waals surface area contributed by atoms with Gasteiger partial charge in [-0.3, -0.25) is 0 Å². The first-order chi connectivity index (χ1) is 14.6. The van der Waals surface area contributed by atoms with Gasteiger partial charge in [0.25, 0.3) is 0 Å². The summed E-state index contributed by atoms with van der Waals surface area (Å²) >= 11 is 6.80. The largest absolute Gasteiger partial charge is 0.493 e. The Labute approximate surface area is 200 Å². The van der Waals surface area contributed by atoms with Crippen molar-refractivity contribution in [3.05, 3.63) is 56.5 Å². The summed E-state index contributed by atoms with van der Waals surface area (Å²) in [6.45, 7) is 6.86. The maximum Gasteiger partial charge on any atom is 0.408 e. The summed E-state index contributed by atoms with van der Waals surface area (Å²) in [5.74, 6) is 1.73. The quantitative estimate of drug-likeness (QED) is 0.449. The molecule has 0 radical (unpaired) electrons. The van der Waals surface area contributed by atoms with Gasteiger partial charge >= 0.3 is 6.09 Å². The van der Waals surface area contributed by atoms with E-state index >= 15 is 0 Å². The molecule has 2 aliphatic heterocycles. The van der Waals surface area contributed by atoms with Gasteiger partial charge in [-0.05, 0) is 45.0 Å². The predicted molar refractivity (Wildman–Crippen MR) is 128 cm³/mol. The Morgan fingerprint density at radius 1 is 1.00 bits per heavy atom. The van der Waals surface area contributed by atoms with Crippen molar-refractivity contribution in [3.8, 4) is 11.5 Å². The number of fused-ring (bicyclic) bond motifs is 2. The Morgan fingerprint density at radius 2 is 1.55 bits per heavy atom. The summed E-state index contributed by atoms with van der Waals surface area (Å²) in [6, 6.07) is 11.9. The number of hydrogen-bond donors (Lipinski definition) is 2. The second-order valence-corrected chi connectivity index (χ2v) is 10.3. The SMILES string of the molecule is CC(C)(C)OC(=O)NC1CCOc2cc(Br)ccc21.NC1CCOc2cc(Br)ccc21. The van der Waals surface area contributed by atoms with Crippen LogP contribution in [0.15, 0.2) is 45.3 Å². The number of amides is 1. The zero-order valence-electron chi connectivity index (χ0n) is 17.9. The van der Waals surface area contributed by atoms with E-state index in [1.165, 1.54) is 0 Å². The van der Waals surface area contributed by atoms with Crippen molar-refractivity contribution in [1.82, 2.24) is 5.32 Å². The molecule has 31 heavy (non-hydrogen) atoms. The molecule has 8 heteroatoms. The lowest BCUT2D eigenvalue weighted by atomic mass is 10.0. The van der Waals surface area contributed by atoms with Crippen LogP contribution in [0.2, 0.25) is 0 Å². The third-order valence-corrected chi connectivity index (χ3v) is 5.75. The van der Waals surface area contributed by atoms with Crippen LogP contribution < -0.4 is 20.5 Å². The number of carbonyl (C=O) groups is 1. The second-order valence-electron chi connectivity index (χ2n) is 8.44. The van der Waals surface area contributed by atoms with E-state index in [1.807, 2.05) is 57.2 Å². The third-order valence-electron chi connectivity index (χ3n) is 4.77. The Bertz CT molecular complexity index is 930.